The maximum Gasteiger partial charge on any atom is 0.335 e. The molecule has 8 nitrogen and oxygen atoms in total. The van der Waals surface area contributed by atoms with Crippen molar-refractivity contribution < 1.29 is 27.9 Å². The molecule has 0 saturated carbocycles. The number of benzene rings is 3. The van der Waals surface area contributed by atoms with Gasteiger partial charge in [-0.25, -0.2) is 17.9 Å². The Morgan fingerprint density at radius 3 is 2.43 bits per heavy atom. The third kappa shape index (κ3) is 5.79. The standard InChI is InChI=1S/C27H25ClN2O6S/c1-16-13-19(14-17(2)24(16)28)36-12-6-10-22-21-9-3-4-11-23(21)29-25(22)26(31)30-37(34,35)20-8-5-7-18(15-20)27(32)33/h3-5,7-9,11,13-15,29H,6,10,12H2,1-2H3,(H,30,31)(H,32,33). The zero-order valence-corrected chi connectivity index (χ0v) is 21.7. The number of nitrogens with one attached hydrogen (secondary N) is 2. The van der Waals surface area contributed by atoms with Crippen molar-refractivity contribution in [3.8, 4) is 5.75 Å². The van der Waals surface area contributed by atoms with Crippen LogP contribution in [0.2, 0.25) is 5.02 Å². The number of rotatable bonds is 9. The van der Waals surface area contributed by atoms with Crippen molar-refractivity contribution in [2.45, 2.75) is 31.6 Å². The summed E-state index contributed by atoms with van der Waals surface area (Å²) in [7, 11) is -4.31. The van der Waals surface area contributed by atoms with Gasteiger partial charge in [0.1, 0.15) is 11.4 Å². The summed E-state index contributed by atoms with van der Waals surface area (Å²) in [6.45, 7) is 4.19. The summed E-state index contributed by atoms with van der Waals surface area (Å²) in [5.74, 6) is -1.41. The van der Waals surface area contributed by atoms with E-state index in [1.54, 1.807) is 6.07 Å². The number of hydrogen-bond donors (Lipinski definition) is 3. The number of carbonyl (C=O) groups excluding carboxylic acids is 1. The smallest absolute Gasteiger partial charge is 0.335 e. The molecule has 0 fully saturated rings. The Bertz CT molecular complexity index is 1590. The second-order valence-electron chi connectivity index (χ2n) is 8.61. The van der Waals surface area contributed by atoms with Crippen LogP contribution in [0.1, 0.15) is 44.0 Å². The first-order chi connectivity index (χ1) is 17.6. The molecule has 0 saturated heterocycles. The number of sulfonamides is 1. The van der Waals surface area contributed by atoms with Crippen molar-refractivity contribution in [1.29, 1.82) is 0 Å². The summed E-state index contributed by atoms with van der Waals surface area (Å²) in [5.41, 5.74) is 3.11. The summed E-state index contributed by atoms with van der Waals surface area (Å²) in [6.07, 6.45) is 1.02. The van der Waals surface area contributed by atoms with Gasteiger partial charge in [-0.15, -0.1) is 0 Å². The maximum atomic E-state index is 13.1. The first-order valence-electron chi connectivity index (χ1n) is 11.5. The number of amides is 1. The number of ether oxygens (including phenoxy) is 1. The Balaban J connectivity index is 1.53. The van der Waals surface area contributed by atoms with E-state index >= 15 is 0 Å². The van der Waals surface area contributed by atoms with E-state index in [1.807, 2.05) is 44.2 Å². The molecule has 1 amide bonds. The Morgan fingerprint density at radius 1 is 1.03 bits per heavy atom. The van der Waals surface area contributed by atoms with Crippen molar-refractivity contribution in [2.75, 3.05) is 6.61 Å². The van der Waals surface area contributed by atoms with E-state index < -0.39 is 21.9 Å². The van der Waals surface area contributed by atoms with Crippen molar-refractivity contribution in [3.05, 3.63) is 93.6 Å². The highest BCUT2D eigenvalue weighted by atomic mass is 35.5. The van der Waals surface area contributed by atoms with Crippen molar-refractivity contribution in [3.63, 3.8) is 0 Å². The fourth-order valence-electron chi connectivity index (χ4n) is 4.11. The lowest BCUT2D eigenvalue weighted by Crippen LogP contribution is -2.31. The number of aromatic carboxylic acids is 1. The number of aryl methyl sites for hydroxylation is 3. The van der Waals surface area contributed by atoms with Crippen LogP contribution in [0.25, 0.3) is 10.9 Å². The van der Waals surface area contributed by atoms with E-state index in [2.05, 4.69) is 9.71 Å². The molecule has 3 N–H and O–H groups in total. The number of carbonyl (C=O) groups is 2. The number of carboxylic acids is 1. The summed E-state index contributed by atoms with van der Waals surface area (Å²) < 4.78 is 33.6. The lowest BCUT2D eigenvalue weighted by atomic mass is 10.1. The molecule has 3 aromatic carbocycles. The number of H-pyrrole nitrogens is 1. The molecule has 10 heteroatoms. The predicted octanol–water partition coefficient (Wildman–Crippen LogP) is 5.27. The average Bonchev–Trinajstić information content (AvgIpc) is 3.23. The van der Waals surface area contributed by atoms with E-state index in [1.165, 1.54) is 18.2 Å². The lowest BCUT2D eigenvalue weighted by Gasteiger charge is -2.11. The van der Waals surface area contributed by atoms with Crippen LogP contribution in [0, 0.1) is 13.8 Å². The van der Waals surface area contributed by atoms with Gasteiger partial charge in [0.15, 0.2) is 0 Å². The van der Waals surface area contributed by atoms with Crippen LogP contribution >= 0.6 is 11.6 Å². The third-order valence-corrected chi connectivity index (χ3v) is 7.83. The fraction of sp³-hybridized carbons (Fsp3) is 0.185. The molecule has 4 aromatic rings. The summed E-state index contributed by atoms with van der Waals surface area (Å²) in [4.78, 5) is 27.1. The molecule has 0 spiro atoms. The van der Waals surface area contributed by atoms with Gasteiger partial charge in [0.2, 0.25) is 0 Å². The molecule has 4 rings (SSSR count). The van der Waals surface area contributed by atoms with Gasteiger partial charge in [0.25, 0.3) is 15.9 Å². The molecule has 0 aliphatic heterocycles. The van der Waals surface area contributed by atoms with Crippen LogP contribution in [-0.4, -0.2) is 37.0 Å². The average molecular weight is 541 g/mol. The van der Waals surface area contributed by atoms with Crippen LogP contribution in [-0.2, 0) is 16.4 Å². The highest BCUT2D eigenvalue weighted by Crippen LogP contribution is 2.27. The summed E-state index contributed by atoms with van der Waals surface area (Å²) in [6, 6.07) is 15.8. The highest BCUT2D eigenvalue weighted by Gasteiger charge is 2.24. The van der Waals surface area contributed by atoms with Gasteiger partial charge < -0.3 is 14.8 Å². The maximum absolute atomic E-state index is 13.1. The van der Waals surface area contributed by atoms with Crippen LogP contribution in [0.3, 0.4) is 0 Å². The molecular weight excluding hydrogens is 516 g/mol. The first-order valence-corrected chi connectivity index (χ1v) is 13.3. The molecule has 37 heavy (non-hydrogen) atoms. The number of para-hydroxylation sites is 1. The second kappa shape index (κ2) is 10.7. The number of aromatic nitrogens is 1. The Kier molecular flexibility index (Phi) is 7.56. The Hall–Kier alpha value is -3.82. The van der Waals surface area contributed by atoms with Gasteiger partial charge in [0, 0.05) is 15.9 Å². The third-order valence-electron chi connectivity index (χ3n) is 5.91. The van der Waals surface area contributed by atoms with Crippen molar-refractivity contribution >= 4 is 44.4 Å². The predicted molar refractivity (Wildman–Crippen MR) is 141 cm³/mol. The van der Waals surface area contributed by atoms with Crippen LogP contribution < -0.4 is 9.46 Å². The quantitative estimate of drug-likeness (QED) is 0.248. The molecule has 0 unspecified atom stereocenters. The van der Waals surface area contributed by atoms with Crippen LogP contribution in [0.5, 0.6) is 5.75 Å². The summed E-state index contributed by atoms with van der Waals surface area (Å²) >= 11 is 6.22. The SMILES string of the molecule is Cc1cc(OCCCc2c(C(=O)NS(=O)(=O)c3cccc(C(=O)O)c3)[nH]c3ccccc23)cc(C)c1Cl. The molecule has 192 valence electrons. The number of aromatic amines is 1. The molecule has 0 bridgehead atoms. The van der Waals surface area contributed by atoms with Crippen molar-refractivity contribution in [2.24, 2.45) is 0 Å². The number of halogens is 1. The highest BCUT2D eigenvalue weighted by molar-refractivity contribution is 7.90. The minimum absolute atomic E-state index is 0.123. The van der Waals surface area contributed by atoms with E-state index in [0.717, 1.165) is 22.6 Å². The minimum atomic E-state index is -4.31. The van der Waals surface area contributed by atoms with Gasteiger partial charge in [0.05, 0.1) is 17.1 Å². The Morgan fingerprint density at radius 2 is 1.73 bits per heavy atom. The van der Waals surface area contributed by atoms with Crippen LogP contribution in [0.15, 0.2) is 65.6 Å². The minimum Gasteiger partial charge on any atom is -0.494 e. The van der Waals surface area contributed by atoms with Gasteiger partial charge in [-0.05, 0) is 79.8 Å². The van der Waals surface area contributed by atoms with E-state index in [0.29, 0.717) is 41.3 Å². The van der Waals surface area contributed by atoms with E-state index in [4.69, 9.17) is 21.4 Å². The number of carboxylic acid groups (broad SMARTS) is 1. The zero-order valence-electron chi connectivity index (χ0n) is 20.2. The topological polar surface area (TPSA) is 126 Å². The molecule has 0 radical (unpaired) electrons. The van der Waals surface area contributed by atoms with Crippen molar-refractivity contribution in [1.82, 2.24) is 9.71 Å². The first kappa shape index (κ1) is 26.2. The molecule has 0 aliphatic carbocycles. The lowest BCUT2D eigenvalue weighted by molar-refractivity contribution is 0.0696. The second-order valence-corrected chi connectivity index (χ2v) is 10.7. The monoisotopic (exact) mass is 540 g/mol. The number of hydrogen-bond acceptors (Lipinski definition) is 5. The van der Waals surface area contributed by atoms with Gasteiger partial charge >= 0.3 is 5.97 Å². The molecule has 0 aliphatic rings. The van der Waals surface area contributed by atoms with E-state index in [9.17, 15) is 18.0 Å². The van der Waals surface area contributed by atoms with E-state index in [-0.39, 0.29) is 16.2 Å². The summed E-state index contributed by atoms with van der Waals surface area (Å²) in [5, 5.41) is 10.7. The Labute approximate surface area is 219 Å². The van der Waals surface area contributed by atoms with Gasteiger partial charge in [-0.1, -0.05) is 35.9 Å². The molecule has 0 atom stereocenters. The fourth-order valence-corrected chi connectivity index (χ4v) is 5.22. The van der Waals surface area contributed by atoms with Gasteiger partial charge in [-0.2, -0.15) is 0 Å². The molecular formula is C27H25ClN2O6S. The zero-order chi connectivity index (χ0) is 26.7. The normalized spacial score (nSPS) is 11.4. The molecule has 1 heterocycles. The van der Waals surface area contributed by atoms with Gasteiger partial charge in [-0.3, -0.25) is 4.79 Å². The molecule has 1 aromatic heterocycles. The number of fused-ring (bicyclic) bond motifs is 1. The largest absolute Gasteiger partial charge is 0.494 e. The van der Waals surface area contributed by atoms with Crippen LogP contribution in [0.4, 0.5) is 0 Å².